The Kier molecular flexibility index (Phi) is 3.50. The zero-order valence-corrected chi connectivity index (χ0v) is 9.53. The van der Waals surface area contributed by atoms with E-state index in [1.165, 1.54) is 21.3 Å². The van der Waals surface area contributed by atoms with Crippen molar-refractivity contribution >= 4 is 10.0 Å². The smallest absolute Gasteiger partial charge is 0.256 e. The number of terminal acetylenes is 1. The molecule has 0 radical (unpaired) electrons. The standard InChI is InChI=1S/C9H13N3O2S/c1-4-8-12(5-2)15(13,14)9-6-7-10-11(9)3/h1,6-7H,5,8H2,2-3H3. The predicted molar refractivity (Wildman–Crippen MR) is 56.5 cm³/mol. The number of sulfonamides is 1. The summed E-state index contributed by atoms with van der Waals surface area (Å²) in [5.74, 6) is 2.32. The molecule has 1 heterocycles. The van der Waals surface area contributed by atoms with Crippen LogP contribution in [0.3, 0.4) is 0 Å². The second kappa shape index (κ2) is 4.47. The van der Waals surface area contributed by atoms with Crippen LogP contribution in [0.1, 0.15) is 6.92 Å². The fourth-order valence-corrected chi connectivity index (χ4v) is 2.68. The molecule has 0 spiro atoms. The molecule has 0 aliphatic rings. The summed E-state index contributed by atoms with van der Waals surface area (Å²) in [6.07, 6.45) is 6.56. The van der Waals surface area contributed by atoms with Crippen LogP contribution in [0.15, 0.2) is 17.3 Å². The first-order valence-electron chi connectivity index (χ1n) is 4.45. The maximum Gasteiger partial charge on any atom is 0.261 e. The lowest BCUT2D eigenvalue weighted by Crippen LogP contribution is -2.32. The van der Waals surface area contributed by atoms with E-state index in [0.29, 0.717) is 6.54 Å². The van der Waals surface area contributed by atoms with Gasteiger partial charge in [-0.3, -0.25) is 4.68 Å². The van der Waals surface area contributed by atoms with Crippen LogP contribution in [0.25, 0.3) is 0 Å². The van der Waals surface area contributed by atoms with Gasteiger partial charge in [0.25, 0.3) is 10.0 Å². The zero-order chi connectivity index (χ0) is 11.5. The normalized spacial score (nSPS) is 11.6. The van der Waals surface area contributed by atoms with Crippen molar-refractivity contribution < 1.29 is 8.42 Å². The average molecular weight is 227 g/mol. The van der Waals surface area contributed by atoms with Crippen molar-refractivity contribution in [3.63, 3.8) is 0 Å². The summed E-state index contributed by atoms with van der Waals surface area (Å²) >= 11 is 0. The van der Waals surface area contributed by atoms with Crippen molar-refractivity contribution in [2.75, 3.05) is 13.1 Å². The van der Waals surface area contributed by atoms with Gasteiger partial charge < -0.3 is 0 Å². The van der Waals surface area contributed by atoms with Crippen LogP contribution in [0.4, 0.5) is 0 Å². The van der Waals surface area contributed by atoms with Crippen LogP contribution in [0.2, 0.25) is 0 Å². The first-order valence-corrected chi connectivity index (χ1v) is 5.89. The highest BCUT2D eigenvalue weighted by molar-refractivity contribution is 7.89. The van der Waals surface area contributed by atoms with E-state index in [0.717, 1.165) is 0 Å². The highest BCUT2D eigenvalue weighted by Crippen LogP contribution is 2.13. The molecule has 6 heteroatoms. The molecule has 0 saturated carbocycles. The third kappa shape index (κ3) is 2.19. The van der Waals surface area contributed by atoms with Gasteiger partial charge in [0.1, 0.15) is 0 Å². The summed E-state index contributed by atoms with van der Waals surface area (Å²) in [5.41, 5.74) is 0. The number of aryl methyl sites for hydroxylation is 1. The molecule has 0 aliphatic heterocycles. The maximum atomic E-state index is 12.0. The molecule has 0 atom stereocenters. The highest BCUT2D eigenvalue weighted by atomic mass is 32.2. The Hall–Kier alpha value is -1.32. The molecule has 1 aromatic heterocycles. The van der Waals surface area contributed by atoms with Gasteiger partial charge in [0.15, 0.2) is 5.03 Å². The minimum atomic E-state index is -3.51. The molecular weight excluding hydrogens is 214 g/mol. The Morgan fingerprint density at radius 3 is 2.73 bits per heavy atom. The van der Waals surface area contributed by atoms with Gasteiger partial charge in [-0.25, -0.2) is 8.42 Å². The van der Waals surface area contributed by atoms with Crippen molar-refractivity contribution in [1.29, 1.82) is 0 Å². The van der Waals surface area contributed by atoms with Crippen LogP contribution in [-0.4, -0.2) is 35.6 Å². The molecular formula is C9H13N3O2S. The average Bonchev–Trinajstić information content (AvgIpc) is 2.61. The summed E-state index contributed by atoms with van der Waals surface area (Å²) in [6, 6.07) is 1.45. The van der Waals surface area contributed by atoms with Crippen LogP contribution in [-0.2, 0) is 17.1 Å². The summed E-state index contributed by atoms with van der Waals surface area (Å²) in [7, 11) is -1.93. The van der Waals surface area contributed by atoms with E-state index >= 15 is 0 Å². The minimum absolute atomic E-state index is 0.0734. The monoisotopic (exact) mass is 227 g/mol. The van der Waals surface area contributed by atoms with Gasteiger partial charge in [0, 0.05) is 13.6 Å². The van der Waals surface area contributed by atoms with Crippen LogP contribution >= 0.6 is 0 Å². The third-order valence-electron chi connectivity index (χ3n) is 2.00. The van der Waals surface area contributed by atoms with Crippen molar-refractivity contribution in [1.82, 2.24) is 14.1 Å². The Morgan fingerprint density at radius 2 is 2.33 bits per heavy atom. The zero-order valence-electron chi connectivity index (χ0n) is 8.71. The van der Waals surface area contributed by atoms with E-state index < -0.39 is 10.0 Å². The van der Waals surface area contributed by atoms with Crippen LogP contribution < -0.4 is 0 Å². The molecule has 1 aromatic rings. The van der Waals surface area contributed by atoms with Gasteiger partial charge in [-0.15, -0.1) is 6.42 Å². The van der Waals surface area contributed by atoms with E-state index in [9.17, 15) is 8.42 Å². The summed E-state index contributed by atoms with van der Waals surface area (Å²) < 4.78 is 26.5. The fraction of sp³-hybridized carbons (Fsp3) is 0.444. The van der Waals surface area contributed by atoms with Gasteiger partial charge in [-0.05, 0) is 6.07 Å². The quantitative estimate of drug-likeness (QED) is 0.684. The first-order chi connectivity index (χ1) is 7.04. The van der Waals surface area contributed by atoms with E-state index in [1.54, 1.807) is 14.0 Å². The lowest BCUT2D eigenvalue weighted by atomic mass is 10.6. The van der Waals surface area contributed by atoms with Crippen molar-refractivity contribution in [2.24, 2.45) is 7.05 Å². The summed E-state index contributed by atoms with van der Waals surface area (Å²) in [5, 5.41) is 3.97. The number of hydrogen-bond donors (Lipinski definition) is 0. The molecule has 0 amide bonds. The maximum absolute atomic E-state index is 12.0. The van der Waals surface area contributed by atoms with Crippen molar-refractivity contribution in [2.45, 2.75) is 11.9 Å². The molecule has 15 heavy (non-hydrogen) atoms. The van der Waals surface area contributed by atoms with Crippen molar-refractivity contribution in [3.05, 3.63) is 12.3 Å². The van der Waals surface area contributed by atoms with Crippen LogP contribution in [0, 0.1) is 12.3 Å². The third-order valence-corrected chi connectivity index (χ3v) is 4.00. The second-order valence-corrected chi connectivity index (χ2v) is 4.81. The second-order valence-electron chi connectivity index (χ2n) is 2.93. The van der Waals surface area contributed by atoms with E-state index in [-0.39, 0.29) is 11.6 Å². The summed E-state index contributed by atoms with van der Waals surface area (Å²) in [4.78, 5) is 0. The van der Waals surface area contributed by atoms with E-state index in [2.05, 4.69) is 11.0 Å². The number of rotatable bonds is 4. The molecule has 0 aliphatic carbocycles. The molecule has 0 aromatic carbocycles. The van der Waals surface area contributed by atoms with Crippen molar-refractivity contribution in [3.8, 4) is 12.3 Å². The number of nitrogens with zero attached hydrogens (tertiary/aromatic N) is 3. The topological polar surface area (TPSA) is 55.2 Å². The first kappa shape index (κ1) is 11.8. The SMILES string of the molecule is C#CCN(CC)S(=O)(=O)c1ccnn1C. The van der Waals surface area contributed by atoms with E-state index in [1.807, 2.05) is 0 Å². The Balaban J connectivity index is 3.13. The Morgan fingerprint density at radius 1 is 1.67 bits per heavy atom. The minimum Gasteiger partial charge on any atom is -0.256 e. The molecule has 82 valence electrons. The van der Waals surface area contributed by atoms with Gasteiger partial charge in [-0.2, -0.15) is 9.40 Å². The van der Waals surface area contributed by atoms with Gasteiger partial charge >= 0.3 is 0 Å². The Labute approximate surface area is 89.7 Å². The molecule has 5 nitrogen and oxygen atoms in total. The van der Waals surface area contributed by atoms with Gasteiger partial charge in [-0.1, -0.05) is 12.8 Å². The van der Waals surface area contributed by atoms with E-state index in [4.69, 9.17) is 6.42 Å². The fourth-order valence-electron chi connectivity index (χ4n) is 1.22. The lowest BCUT2D eigenvalue weighted by Gasteiger charge is -2.17. The molecule has 0 bridgehead atoms. The highest BCUT2D eigenvalue weighted by Gasteiger charge is 2.24. The van der Waals surface area contributed by atoms with Crippen LogP contribution in [0.5, 0.6) is 0 Å². The molecule has 0 saturated heterocycles. The largest absolute Gasteiger partial charge is 0.261 e. The molecule has 0 N–H and O–H groups in total. The summed E-state index contributed by atoms with van der Waals surface area (Å²) in [6.45, 7) is 2.16. The van der Waals surface area contributed by atoms with Gasteiger partial charge in [0.05, 0.1) is 12.7 Å². The number of aromatic nitrogens is 2. The molecule has 0 fully saturated rings. The molecule has 0 unspecified atom stereocenters. The Bertz CT molecular complexity index is 470. The predicted octanol–water partition coefficient (Wildman–Crippen LogP) is 0.0639. The lowest BCUT2D eigenvalue weighted by molar-refractivity contribution is 0.455. The number of hydrogen-bond acceptors (Lipinski definition) is 3. The molecule has 1 rings (SSSR count). The van der Waals surface area contributed by atoms with Gasteiger partial charge in [0.2, 0.25) is 0 Å².